The van der Waals surface area contributed by atoms with Gasteiger partial charge in [0.15, 0.2) is 5.76 Å². The number of carbonyl (C=O) groups excluding carboxylic acids is 1. The molecular weight excluding hydrogens is 246 g/mol. The molecule has 0 radical (unpaired) electrons. The lowest BCUT2D eigenvalue weighted by Gasteiger charge is -2.12. The summed E-state index contributed by atoms with van der Waals surface area (Å²) in [7, 11) is 0. The Bertz CT molecular complexity index is 466. The Morgan fingerprint density at radius 2 is 2.11 bits per heavy atom. The van der Waals surface area contributed by atoms with Crippen LogP contribution >= 0.6 is 0 Å². The third kappa shape index (κ3) is 2.97. The number of amides is 1. The van der Waals surface area contributed by atoms with Crippen molar-refractivity contribution in [2.45, 2.75) is 45.6 Å². The van der Waals surface area contributed by atoms with Crippen LogP contribution in [0.5, 0.6) is 0 Å². The number of carbonyl (C=O) groups is 2. The SMILES string of the molecule is CCc1cc(C(=O)NC(C(=O)O)C2CC2)oc1CC. The van der Waals surface area contributed by atoms with Gasteiger partial charge in [0.1, 0.15) is 11.8 Å². The number of furan rings is 1. The minimum atomic E-state index is -0.978. The highest BCUT2D eigenvalue weighted by molar-refractivity contribution is 5.94. The van der Waals surface area contributed by atoms with Crippen molar-refractivity contribution in [1.82, 2.24) is 5.32 Å². The predicted molar refractivity (Wildman–Crippen MR) is 69.1 cm³/mol. The van der Waals surface area contributed by atoms with Crippen molar-refractivity contribution < 1.29 is 19.1 Å². The molecule has 1 fully saturated rings. The summed E-state index contributed by atoms with van der Waals surface area (Å²) < 4.78 is 5.49. The van der Waals surface area contributed by atoms with E-state index in [1.54, 1.807) is 6.07 Å². The van der Waals surface area contributed by atoms with Gasteiger partial charge < -0.3 is 14.8 Å². The summed E-state index contributed by atoms with van der Waals surface area (Å²) in [5.41, 5.74) is 1.01. The maximum absolute atomic E-state index is 12.0. The van der Waals surface area contributed by atoms with Crippen LogP contribution in [-0.2, 0) is 17.6 Å². The number of aryl methyl sites for hydroxylation is 2. The van der Waals surface area contributed by atoms with Crippen molar-refractivity contribution in [2.75, 3.05) is 0 Å². The summed E-state index contributed by atoms with van der Waals surface area (Å²) in [6, 6.07) is 0.910. The lowest BCUT2D eigenvalue weighted by atomic mass is 10.1. The smallest absolute Gasteiger partial charge is 0.326 e. The van der Waals surface area contributed by atoms with E-state index >= 15 is 0 Å². The zero-order valence-corrected chi connectivity index (χ0v) is 11.2. The van der Waals surface area contributed by atoms with E-state index in [9.17, 15) is 9.59 Å². The van der Waals surface area contributed by atoms with Gasteiger partial charge in [-0.05, 0) is 36.8 Å². The molecule has 1 amide bonds. The molecule has 5 nitrogen and oxygen atoms in total. The molecule has 1 aromatic rings. The van der Waals surface area contributed by atoms with Gasteiger partial charge in [-0.1, -0.05) is 13.8 Å². The number of carboxylic acids is 1. The summed E-state index contributed by atoms with van der Waals surface area (Å²) in [6.07, 6.45) is 3.23. The van der Waals surface area contributed by atoms with Gasteiger partial charge in [0, 0.05) is 6.42 Å². The normalized spacial score (nSPS) is 16.1. The summed E-state index contributed by atoms with van der Waals surface area (Å²) in [6.45, 7) is 3.96. The first kappa shape index (κ1) is 13.6. The first-order valence-electron chi connectivity index (χ1n) is 6.72. The summed E-state index contributed by atoms with van der Waals surface area (Å²) in [4.78, 5) is 23.1. The Morgan fingerprint density at radius 3 is 2.53 bits per heavy atom. The standard InChI is InChI=1S/C14H19NO4/c1-3-8-7-11(19-10(8)4-2)13(16)15-12(14(17)18)9-5-6-9/h7,9,12H,3-6H2,1-2H3,(H,15,16)(H,17,18). The van der Waals surface area contributed by atoms with Crippen LogP contribution in [0.3, 0.4) is 0 Å². The van der Waals surface area contributed by atoms with Crippen LogP contribution in [-0.4, -0.2) is 23.0 Å². The zero-order valence-electron chi connectivity index (χ0n) is 11.2. The molecule has 1 heterocycles. The van der Waals surface area contributed by atoms with Gasteiger partial charge in [-0.15, -0.1) is 0 Å². The number of nitrogens with one attached hydrogen (secondary N) is 1. The molecule has 0 spiro atoms. The molecule has 1 atom stereocenters. The number of rotatable bonds is 6. The predicted octanol–water partition coefficient (Wildman–Crippen LogP) is 2.00. The van der Waals surface area contributed by atoms with Gasteiger partial charge >= 0.3 is 5.97 Å². The molecule has 0 saturated heterocycles. The molecule has 2 N–H and O–H groups in total. The Morgan fingerprint density at radius 1 is 1.42 bits per heavy atom. The van der Waals surface area contributed by atoms with Crippen LogP contribution in [0.4, 0.5) is 0 Å². The molecule has 19 heavy (non-hydrogen) atoms. The van der Waals surface area contributed by atoms with E-state index in [2.05, 4.69) is 5.32 Å². The van der Waals surface area contributed by atoms with E-state index in [-0.39, 0.29) is 11.7 Å². The van der Waals surface area contributed by atoms with Gasteiger partial charge in [-0.3, -0.25) is 4.79 Å². The van der Waals surface area contributed by atoms with Gasteiger partial charge in [-0.2, -0.15) is 0 Å². The van der Waals surface area contributed by atoms with Gasteiger partial charge in [0.25, 0.3) is 5.91 Å². The monoisotopic (exact) mass is 265 g/mol. The van der Waals surface area contributed by atoms with E-state index in [0.29, 0.717) is 0 Å². The minimum absolute atomic E-state index is 0.0627. The molecule has 1 unspecified atom stereocenters. The molecule has 1 aromatic heterocycles. The first-order valence-corrected chi connectivity index (χ1v) is 6.72. The Balaban J connectivity index is 2.10. The molecule has 104 valence electrons. The zero-order chi connectivity index (χ0) is 14.0. The third-order valence-electron chi connectivity index (χ3n) is 3.47. The fraction of sp³-hybridized carbons (Fsp3) is 0.571. The van der Waals surface area contributed by atoms with E-state index in [1.807, 2.05) is 13.8 Å². The second kappa shape index (κ2) is 5.47. The van der Waals surface area contributed by atoms with Crippen LogP contribution in [0.15, 0.2) is 10.5 Å². The molecule has 5 heteroatoms. The highest BCUT2D eigenvalue weighted by atomic mass is 16.4. The number of hydrogen-bond acceptors (Lipinski definition) is 3. The van der Waals surface area contributed by atoms with Crippen molar-refractivity contribution >= 4 is 11.9 Å². The van der Waals surface area contributed by atoms with Crippen molar-refractivity contribution in [3.8, 4) is 0 Å². The van der Waals surface area contributed by atoms with Crippen molar-refractivity contribution in [3.05, 3.63) is 23.2 Å². The first-order chi connectivity index (χ1) is 9.06. The van der Waals surface area contributed by atoms with Gasteiger partial charge in [-0.25, -0.2) is 4.79 Å². The lowest BCUT2D eigenvalue weighted by Crippen LogP contribution is -2.42. The van der Waals surface area contributed by atoms with Crippen molar-refractivity contribution in [3.63, 3.8) is 0 Å². The molecule has 0 aromatic carbocycles. The van der Waals surface area contributed by atoms with E-state index < -0.39 is 17.9 Å². The maximum atomic E-state index is 12.0. The molecule has 1 saturated carbocycles. The molecular formula is C14H19NO4. The van der Waals surface area contributed by atoms with Crippen LogP contribution in [0.2, 0.25) is 0 Å². The fourth-order valence-corrected chi connectivity index (χ4v) is 2.20. The molecule has 0 bridgehead atoms. The summed E-state index contributed by atoms with van der Waals surface area (Å²) in [5.74, 6) is -0.346. The molecule has 2 rings (SSSR count). The topological polar surface area (TPSA) is 79.5 Å². The Kier molecular flexibility index (Phi) is 3.93. The third-order valence-corrected chi connectivity index (χ3v) is 3.47. The van der Waals surface area contributed by atoms with E-state index in [1.165, 1.54) is 0 Å². The average molecular weight is 265 g/mol. The quantitative estimate of drug-likeness (QED) is 0.824. The second-order valence-corrected chi connectivity index (χ2v) is 4.89. The largest absolute Gasteiger partial charge is 0.480 e. The minimum Gasteiger partial charge on any atom is -0.480 e. The summed E-state index contributed by atoms with van der Waals surface area (Å²) in [5, 5.41) is 11.6. The van der Waals surface area contributed by atoms with E-state index in [0.717, 1.165) is 37.0 Å². The summed E-state index contributed by atoms with van der Waals surface area (Å²) >= 11 is 0. The van der Waals surface area contributed by atoms with Gasteiger partial charge in [0.2, 0.25) is 0 Å². The number of aliphatic carboxylic acids is 1. The van der Waals surface area contributed by atoms with Gasteiger partial charge in [0.05, 0.1) is 0 Å². The fourth-order valence-electron chi connectivity index (χ4n) is 2.20. The molecule has 0 aliphatic heterocycles. The van der Waals surface area contributed by atoms with Crippen LogP contribution in [0.1, 0.15) is 48.6 Å². The lowest BCUT2D eigenvalue weighted by molar-refractivity contribution is -0.139. The molecule has 1 aliphatic rings. The molecule has 1 aliphatic carbocycles. The number of hydrogen-bond donors (Lipinski definition) is 2. The van der Waals surface area contributed by atoms with Crippen molar-refractivity contribution in [2.24, 2.45) is 5.92 Å². The van der Waals surface area contributed by atoms with Crippen LogP contribution in [0.25, 0.3) is 0 Å². The average Bonchev–Trinajstić information content (AvgIpc) is 3.13. The highest BCUT2D eigenvalue weighted by Crippen LogP contribution is 2.33. The van der Waals surface area contributed by atoms with Crippen molar-refractivity contribution in [1.29, 1.82) is 0 Å². The van der Waals surface area contributed by atoms with Crippen LogP contribution < -0.4 is 5.32 Å². The van der Waals surface area contributed by atoms with E-state index in [4.69, 9.17) is 9.52 Å². The second-order valence-electron chi connectivity index (χ2n) is 4.89. The Labute approximate surface area is 112 Å². The number of carboxylic acid groups (broad SMARTS) is 1. The highest BCUT2D eigenvalue weighted by Gasteiger charge is 2.37. The maximum Gasteiger partial charge on any atom is 0.326 e. The Hall–Kier alpha value is -1.78. The van der Waals surface area contributed by atoms with Crippen LogP contribution in [0, 0.1) is 5.92 Å².